The highest BCUT2D eigenvalue weighted by atomic mass is 79.9. The molecule has 168 valence electrons. The number of carbonyl (C=O) groups excluding carboxylic acids is 3. The third kappa shape index (κ3) is 5.67. The van der Waals surface area contributed by atoms with Crippen molar-refractivity contribution in [3.8, 4) is 11.5 Å². The molecule has 0 spiro atoms. The zero-order chi connectivity index (χ0) is 23.5. The van der Waals surface area contributed by atoms with Gasteiger partial charge in [-0.05, 0) is 42.8 Å². The molecule has 1 saturated heterocycles. The van der Waals surface area contributed by atoms with Crippen LogP contribution in [0.15, 0.2) is 46.4 Å². The van der Waals surface area contributed by atoms with Crippen LogP contribution in [-0.2, 0) is 23.9 Å². The van der Waals surface area contributed by atoms with Gasteiger partial charge in [-0.2, -0.15) is 0 Å². The zero-order valence-electron chi connectivity index (χ0n) is 18.0. The lowest BCUT2D eigenvalue weighted by atomic mass is 10.1. The molecule has 8 nitrogen and oxygen atoms in total. The number of rotatable bonds is 6. The van der Waals surface area contributed by atoms with E-state index in [-0.39, 0.29) is 18.1 Å². The Labute approximate surface area is 193 Å². The second-order valence-corrected chi connectivity index (χ2v) is 8.32. The van der Waals surface area contributed by atoms with Crippen LogP contribution in [0.1, 0.15) is 25.0 Å². The molecule has 32 heavy (non-hydrogen) atoms. The lowest BCUT2D eigenvalue weighted by molar-refractivity contribution is -0.222. The fourth-order valence-electron chi connectivity index (χ4n) is 2.85. The van der Waals surface area contributed by atoms with E-state index >= 15 is 0 Å². The molecule has 2 aromatic carbocycles. The Kier molecular flexibility index (Phi) is 6.88. The van der Waals surface area contributed by atoms with Gasteiger partial charge in [-0.15, -0.1) is 0 Å². The van der Waals surface area contributed by atoms with Gasteiger partial charge in [-0.25, -0.2) is 9.59 Å². The van der Waals surface area contributed by atoms with E-state index < -0.39 is 17.7 Å². The summed E-state index contributed by atoms with van der Waals surface area (Å²) in [4.78, 5) is 36.6. The average molecular weight is 504 g/mol. The quantitative estimate of drug-likeness (QED) is 0.361. The fourth-order valence-corrected chi connectivity index (χ4v) is 3.28. The normalized spacial score (nSPS) is 14.8. The van der Waals surface area contributed by atoms with Gasteiger partial charge in [-0.3, -0.25) is 4.79 Å². The summed E-state index contributed by atoms with van der Waals surface area (Å²) < 4.78 is 21.7. The standard InChI is InChI=1S/C23H22BrNO7/c1-13-5-7-15(8-6-13)25-20(26)12-30-19-11-17(24)14(10-18(19)29-4)9-16-21(27)31-23(2,3)32-22(16)28/h5-11H,12H2,1-4H3,(H,25,26). The largest absolute Gasteiger partial charge is 0.493 e. The number of anilines is 1. The number of ether oxygens (including phenoxy) is 4. The van der Waals surface area contributed by atoms with Crippen LogP contribution in [-0.4, -0.2) is 37.3 Å². The van der Waals surface area contributed by atoms with Crippen LogP contribution in [0, 0.1) is 6.92 Å². The first-order valence-electron chi connectivity index (χ1n) is 9.63. The van der Waals surface area contributed by atoms with Crippen LogP contribution < -0.4 is 14.8 Å². The summed E-state index contributed by atoms with van der Waals surface area (Å²) in [5.41, 5.74) is 1.95. The van der Waals surface area contributed by atoms with Crippen molar-refractivity contribution < 1.29 is 33.3 Å². The number of methoxy groups -OCH3 is 1. The van der Waals surface area contributed by atoms with Crippen molar-refractivity contribution >= 4 is 45.5 Å². The summed E-state index contributed by atoms with van der Waals surface area (Å²) >= 11 is 3.38. The van der Waals surface area contributed by atoms with Gasteiger partial charge in [0.05, 0.1) is 7.11 Å². The van der Waals surface area contributed by atoms with Crippen molar-refractivity contribution in [2.45, 2.75) is 26.6 Å². The molecule has 1 aliphatic rings. The Bertz CT molecular complexity index is 1070. The second-order valence-electron chi connectivity index (χ2n) is 7.46. The molecule has 3 rings (SSSR count). The SMILES string of the molecule is COc1cc(C=C2C(=O)OC(C)(C)OC2=O)c(Br)cc1OCC(=O)Nc1ccc(C)cc1. The van der Waals surface area contributed by atoms with E-state index in [0.717, 1.165) is 5.56 Å². The molecule has 0 unspecified atom stereocenters. The number of halogens is 1. The van der Waals surface area contributed by atoms with E-state index in [2.05, 4.69) is 21.2 Å². The minimum Gasteiger partial charge on any atom is -0.493 e. The van der Waals surface area contributed by atoms with Crippen molar-refractivity contribution in [3.63, 3.8) is 0 Å². The summed E-state index contributed by atoms with van der Waals surface area (Å²) in [7, 11) is 1.44. The number of amides is 1. The van der Waals surface area contributed by atoms with E-state index in [4.69, 9.17) is 18.9 Å². The number of benzene rings is 2. The molecular formula is C23H22BrNO7. The Hall–Kier alpha value is -3.33. The number of hydrogen-bond donors (Lipinski definition) is 1. The molecule has 0 aromatic heterocycles. The van der Waals surface area contributed by atoms with Gasteiger partial charge in [-0.1, -0.05) is 33.6 Å². The predicted octanol–water partition coefficient (Wildman–Crippen LogP) is 4.00. The average Bonchev–Trinajstić information content (AvgIpc) is 2.71. The second kappa shape index (κ2) is 9.44. The molecule has 0 aliphatic carbocycles. The smallest absolute Gasteiger partial charge is 0.348 e. The highest BCUT2D eigenvalue weighted by Gasteiger charge is 2.39. The summed E-state index contributed by atoms with van der Waals surface area (Å²) in [6.45, 7) is 4.66. The monoisotopic (exact) mass is 503 g/mol. The Morgan fingerprint density at radius 1 is 1.09 bits per heavy atom. The van der Waals surface area contributed by atoms with Crippen molar-refractivity contribution in [3.05, 3.63) is 57.6 Å². The van der Waals surface area contributed by atoms with Crippen molar-refractivity contribution in [1.29, 1.82) is 0 Å². The summed E-state index contributed by atoms with van der Waals surface area (Å²) in [6.07, 6.45) is 1.33. The van der Waals surface area contributed by atoms with Gasteiger partial charge in [0.2, 0.25) is 0 Å². The maximum absolute atomic E-state index is 12.2. The lowest BCUT2D eigenvalue weighted by Crippen LogP contribution is -2.41. The lowest BCUT2D eigenvalue weighted by Gasteiger charge is -2.29. The van der Waals surface area contributed by atoms with E-state index in [1.54, 1.807) is 24.3 Å². The molecular weight excluding hydrogens is 482 g/mol. The van der Waals surface area contributed by atoms with Gasteiger partial charge >= 0.3 is 11.9 Å². The minimum atomic E-state index is -1.32. The third-order valence-corrected chi connectivity index (χ3v) is 5.08. The Morgan fingerprint density at radius 2 is 1.72 bits per heavy atom. The fraction of sp³-hybridized carbons (Fsp3) is 0.261. The molecule has 0 radical (unpaired) electrons. The maximum Gasteiger partial charge on any atom is 0.348 e. The molecule has 0 saturated carbocycles. The van der Waals surface area contributed by atoms with Crippen molar-refractivity contribution in [1.82, 2.24) is 0 Å². The highest BCUT2D eigenvalue weighted by Crippen LogP contribution is 2.35. The van der Waals surface area contributed by atoms with Crippen LogP contribution in [0.5, 0.6) is 11.5 Å². The zero-order valence-corrected chi connectivity index (χ0v) is 19.6. The summed E-state index contributed by atoms with van der Waals surface area (Å²) in [5, 5.41) is 2.74. The number of aryl methyl sites for hydroxylation is 1. The summed E-state index contributed by atoms with van der Waals surface area (Å²) in [6, 6.07) is 10.5. The predicted molar refractivity (Wildman–Crippen MR) is 120 cm³/mol. The molecule has 9 heteroatoms. The molecule has 1 aliphatic heterocycles. The van der Waals surface area contributed by atoms with Crippen LogP contribution in [0.2, 0.25) is 0 Å². The van der Waals surface area contributed by atoms with Crippen molar-refractivity contribution in [2.24, 2.45) is 0 Å². The van der Waals surface area contributed by atoms with E-state index in [1.807, 2.05) is 19.1 Å². The van der Waals surface area contributed by atoms with Gasteiger partial charge in [0.25, 0.3) is 11.7 Å². The topological polar surface area (TPSA) is 100 Å². The number of hydrogen-bond acceptors (Lipinski definition) is 7. The first kappa shape index (κ1) is 23.3. The minimum absolute atomic E-state index is 0.245. The molecule has 1 fully saturated rings. The Balaban J connectivity index is 1.75. The van der Waals surface area contributed by atoms with E-state index in [1.165, 1.54) is 27.0 Å². The first-order chi connectivity index (χ1) is 15.1. The maximum atomic E-state index is 12.2. The van der Waals surface area contributed by atoms with E-state index in [0.29, 0.717) is 27.2 Å². The molecule has 0 bridgehead atoms. The number of nitrogens with one attached hydrogen (secondary N) is 1. The van der Waals surface area contributed by atoms with Gasteiger partial charge in [0.1, 0.15) is 5.57 Å². The van der Waals surface area contributed by atoms with Crippen LogP contribution >= 0.6 is 15.9 Å². The van der Waals surface area contributed by atoms with Gasteiger partial charge in [0.15, 0.2) is 18.1 Å². The number of cyclic esters (lactones) is 2. The number of carbonyl (C=O) groups is 3. The molecule has 1 amide bonds. The van der Waals surface area contributed by atoms with Gasteiger partial charge < -0.3 is 24.3 Å². The van der Waals surface area contributed by atoms with Crippen LogP contribution in [0.25, 0.3) is 6.08 Å². The van der Waals surface area contributed by atoms with E-state index in [9.17, 15) is 14.4 Å². The van der Waals surface area contributed by atoms with Crippen LogP contribution in [0.3, 0.4) is 0 Å². The molecule has 2 aromatic rings. The van der Waals surface area contributed by atoms with Crippen LogP contribution in [0.4, 0.5) is 5.69 Å². The molecule has 1 heterocycles. The Morgan fingerprint density at radius 3 is 2.31 bits per heavy atom. The third-order valence-electron chi connectivity index (χ3n) is 4.39. The van der Waals surface area contributed by atoms with Crippen molar-refractivity contribution in [2.75, 3.05) is 19.0 Å². The molecule has 0 atom stereocenters. The molecule has 1 N–H and O–H groups in total. The summed E-state index contributed by atoms with van der Waals surface area (Å²) in [5.74, 6) is -2.63. The van der Waals surface area contributed by atoms with Gasteiger partial charge in [0, 0.05) is 24.0 Å². The number of esters is 2. The first-order valence-corrected chi connectivity index (χ1v) is 10.4. The highest BCUT2D eigenvalue weighted by molar-refractivity contribution is 9.10.